The quantitative estimate of drug-likeness (QED) is 0.677. The SMILES string of the molecule is Cc1ccc(NC(=S)N[C@H](CC(C)C)c2ccccc2)cc1Cl. The summed E-state index contributed by atoms with van der Waals surface area (Å²) >= 11 is 11.6. The molecule has 0 saturated heterocycles. The lowest BCUT2D eigenvalue weighted by Crippen LogP contribution is -2.33. The molecule has 1 atom stereocenters. The molecule has 4 heteroatoms. The van der Waals surface area contributed by atoms with E-state index >= 15 is 0 Å². The van der Waals surface area contributed by atoms with Gasteiger partial charge in [0.15, 0.2) is 5.11 Å². The standard InChI is InChI=1S/C19H23ClN2S/c1-13(2)11-18(15-7-5-4-6-8-15)22-19(23)21-16-10-9-14(3)17(20)12-16/h4-10,12-13,18H,11H2,1-3H3,(H2,21,22,23)/t18-/m1/s1. The molecule has 0 heterocycles. The largest absolute Gasteiger partial charge is 0.356 e. The van der Waals surface area contributed by atoms with Gasteiger partial charge in [-0.25, -0.2) is 0 Å². The fourth-order valence-electron chi connectivity index (χ4n) is 2.43. The van der Waals surface area contributed by atoms with Gasteiger partial charge in [0.25, 0.3) is 0 Å². The average Bonchev–Trinajstić information content (AvgIpc) is 2.51. The lowest BCUT2D eigenvalue weighted by molar-refractivity contribution is 0.481. The summed E-state index contributed by atoms with van der Waals surface area (Å²) in [5.41, 5.74) is 3.19. The molecule has 0 aliphatic carbocycles. The number of nitrogens with one attached hydrogen (secondary N) is 2. The summed E-state index contributed by atoms with van der Waals surface area (Å²) in [7, 11) is 0. The number of hydrogen-bond acceptors (Lipinski definition) is 1. The van der Waals surface area contributed by atoms with Gasteiger partial charge in [0.05, 0.1) is 6.04 Å². The van der Waals surface area contributed by atoms with Gasteiger partial charge in [-0.2, -0.15) is 0 Å². The van der Waals surface area contributed by atoms with Crippen molar-refractivity contribution >= 4 is 34.6 Å². The van der Waals surface area contributed by atoms with Crippen molar-refractivity contribution in [2.45, 2.75) is 33.2 Å². The van der Waals surface area contributed by atoms with E-state index in [4.69, 9.17) is 23.8 Å². The zero-order valence-corrected chi connectivity index (χ0v) is 15.3. The van der Waals surface area contributed by atoms with Gasteiger partial charge in [-0.05, 0) is 54.7 Å². The van der Waals surface area contributed by atoms with E-state index in [0.29, 0.717) is 11.0 Å². The predicted molar refractivity (Wildman–Crippen MR) is 104 cm³/mol. The zero-order valence-electron chi connectivity index (χ0n) is 13.8. The molecule has 0 saturated carbocycles. The van der Waals surface area contributed by atoms with Crippen LogP contribution < -0.4 is 10.6 Å². The number of thiocarbonyl (C=S) groups is 1. The van der Waals surface area contributed by atoms with Crippen molar-refractivity contribution in [1.29, 1.82) is 0 Å². The van der Waals surface area contributed by atoms with Gasteiger partial charge in [0.2, 0.25) is 0 Å². The normalized spacial score (nSPS) is 12.0. The lowest BCUT2D eigenvalue weighted by atomic mass is 9.97. The second-order valence-electron chi connectivity index (χ2n) is 6.16. The summed E-state index contributed by atoms with van der Waals surface area (Å²) in [4.78, 5) is 0. The zero-order chi connectivity index (χ0) is 16.8. The van der Waals surface area contributed by atoms with E-state index in [1.54, 1.807) is 0 Å². The highest BCUT2D eigenvalue weighted by Crippen LogP contribution is 2.22. The van der Waals surface area contributed by atoms with Gasteiger partial charge in [0.1, 0.15) is 0 Å². The molecule has 0 aromatic heterocycles. The van der Waals surface area contributed by atoms with Crippen molar-refractivity contribution in [3.63, 3.8) is 0 Å². The molecule has 0 amide bonds. The Morgan fingerprint density at radius 1 is 1.13 bits per heavy atom. The molecule has 2 rings (SSSR count). The van der Waals surface area contributed by atoms with Crippen LogP contribution in [0.3, 0.4) is 0 Å². The van der Waals surface area contributed by atoms with Gasteiger partial charge in [0, 0.05) is 10.7 Å². The van der Waals surface area contributed by atoms with Crippen LogP contribution in [0.5, 0.6) is 0 Å². The smallest absolute Gasteiger partial charge is 0.171 e. The van der Waals surface area contributed by atoms with E-state index in [-0.39, 0.29) is 6.04 Å². The number of hydrogen-bond donors (Lipinski definition) is 2. The lowest BCUT2D eigenvalue weighted by Gasteiger charge is -2.23. The highest BCUT2D eigenvalue weighted by molar-refractivity contribution is 7.80. The molecule has 0 bridgehead atoms. The summed E-state index contributed by atoms with van der Waals surface area (Å²) in [6.07, 6.45) is 1.01. The molecule has 0 unspecified atom stereocenters. The molecular weight excluding hydrogens is 324 g/mol. The molecule has 0 fully saturated rings. The molecule has 2 aromatic carbocycles. The van der Waals surface area contributed by atoms with Crippen LogP contribution in [-0.4, -0.2) is 5.11 Å². The number of rotatable bonds is 5. The first-order chi connectivity index (χ1) is 11.0. The Morgan fingerprint density at radius 2 is 1.83 bits per heavy atom. The van der Waals surface area contributed by atoms with E-state index in [1.165, 1.54) is 5.56 Å². The first kappa shape index (κ1) is 17.8. The third-order valence-electron chi connectivity index (χ3n) is 3.64. The van der Waals surface area contributed by atoms with Crippen LogP contribution in [0.4, 0.5) is 5.69 Å². The second-order valence-corrected chi connectivity index (χ2v) is 6.97. The first-order valence-electron chi connectivity index (χ1n) is 7.84. The average molecular weight is 347 g/mol. The van der Waals surface area contributed by atoms with Crippen molar-refractivity contribution in [1.82, 2.24) is 5.32 Å². The Balaban J connectivity index is 2.06. The molecule has 0 aliphatic heterocycles. The highest BCUT2D eigenvalue weighted by atomic mass is 35.5. The van der Waals surface area contributed by atoms with Crippen LogP contribution in [0.2, 0.25) is 5.02 Å². The van der Waals surface area contributed by atoms with Crippen molar-refractivity contribution in [3.05, 3.63) is 64.7 Å². The molecule has 2 N–H and O–H groups in total. The Bertz CT molecular complexity index is 656. The van der Waals surface area contributed by atoms with Gasteiger partial charge >= 0.3 is 0 Å². The van der Waals surface area contributed by atoms with Gasteiger partial charge in [-0.15, -0.1) is 0 Å². The first-order valence-corrected chi connectivity index (χ1v) is 8.63. The highest BCUT2D eigenvalue weighted by Gasteiger charge is 2.14. The molecule has 23 heavy (non-hydrogen) atoms. The number of halogens is 1. The molecule has 0 aliphatic rings. The Morgan fingerprint density at radius 3 is 2.43 bits per heavy atom. The van der Waals surface area contributed by atoms with E-state index in [2.05, 4.69) is 48.7 Å². The Labute approximate surface area is 149 Å². The maximum Gasteiger partial charge on any atom is 0.171 e. The fraction of sp³-hybridized carbons (Fsp3) is 0.316. The topological polar surface area (TPSA) is 24.1 Å². The van der Waals surface area contributed by atoms with Crippen molar-refractivity contribution in [3.8, 4) is 0 Å². The van der Waals surface area contributed by atoms with E-state index in [0.717, 1.165) is 22.7 Å². The summed E-state index contributed by atoms with van der Waals surface area (Å²) in [6, 6.07) is 16.5. The molecular formula is C19H23ClN2S. The van der Waals surface area contributed by atoms with Gasteiger partial charge in [-0.1, -0.05) is 61.8 Å². The van der Waals surface area contributed by atoms with Crippen molar-refractivity contribution in [2.24, 2.45) is 5.92 Å². The Hall–Kier alpha value is -1.58. The third-order valence-corrected chi connectivity index (χ3v) is 4.27. The minimum absolute atomic E-state index is 0.192. The third kappa shape index (κ3) is 5.52. The number of benzene rings is 2. The summed E-state index contributed by atoms with van der Waals surface area (Å²) in [5.74, 6) is 0.573. The van der Waals surface area contributed by atoms with Gasteiger partial charge in [-0.3, -0.25) is 0 Å². The van der Waals surface area contributed by atoms with Crippen LogP contribution in [0.1, 0.15) is 37.4 Å². The maximum absolute atomic E-state index is 6.16. The Kier molecular flexibility index (Phi) is 6.43. The molecule has 2 aromatic rings. The van der Waals surface area contributed by atoms with E-state index in [9.17, 15) is 0 Å². The van der Waals surface area contributed by atoms with Crippen LogP contribution in [0.25, 0.3) is 0 Å². The second kappa shape index (κ2) is 8.32. The summed E-state index contributed by atoms with van der Waals surface area (Å²) in [5, 5.41) is 7.99. The number of anilines is 1. The molecule has 0 spiro atoms. The maximum atomic E-state index is 6.16. The summed E-state index contributed by atoms with van der Waals surface area (Å²) in [6.45, 7) is 6.42. The van der Waals surface area contributed by atoms with Crippen LogP contribution in [0.15, 0.2) is 48.5 Å². The van der Waals surface area contributed by atoms with E-state index in [1.807, 2.05) is 31.2 Å². The summed E-state index contributed by atoms with van der Waals surface area (Å²) < 4.78 is 0. The van der Waals surface area contributed by atoms with Crippen LogP contribution >= 0.6 is 23.8 Å². The molecule has 2 nitrogen and oxygen atoms in total. The van der Waals surface area contributed by atoms with Crippen LogP contribution in [0, 0.1) is 12.8 Å². The van der Waals surface area contributed by atoms with Crippen LogP contribution in [-0.2, 0) is 0 Å². The molecule has 0 radical (unpaired) electrons. The number of aryl methyl sites for hydroxylation is 1. The minimum atomic E-state index is 0.192. The van der Waals surface area contributed by atoms with Crippen molar-refractivity contribution in [2.75, 3.05) is 5.32 Å². The van der Waals surface area contributed by atoms with E-state index < -0.39 is 0 Å². The fourth-order valence-corrected chi connectivity index (χ4v) is 2.87. The van der Waals surface area contributed by atoms with Crippen molar-refractivity contribution < 1.29 is 0 Å². The monoisotopic (exact) mass is 346 g/mol. The minimum Gasteiger partial charge on any atom is -0.356 e. The predicted octanol–water partition coefficient (Wildman–Crippen LogP) is 5.72. The molecule has 122 valence electrons. The van der Waals surface area contributed by atoms with Gasteiger partial charge < -0.3 is 10.6 Å².